The first-order chi connectivity index (χ1) is 8.40. The Balaban J connectivity index is 1.60. The molecule has 0 aromatic heterocycles. The van der Waals surface area contributed by atoms with Crippen LogP contribution < -0.4 is 10.6 Å². The minimum atomic E-state index is 0.249. The number of anilines is 1. The Bertz CT molecular complexity index is 324. The van der Waals surface area contributed by atoms with Gasteiger partial charge >= 0.3 is 0 Å². The van der Waals surface area contributed by atoms with Crippen molar-refractivity contribution in [3.05, 3.63) is 24.3 Å². The normalized spacial score (nSPS) is 17.8. The largest absolute Gasteiger partial charge is 0.382 e. The molecule has 0 saturated carbocycles. The molecule has 1 heterocycles. The fourth-order valence-electron chi connectivity index (χ4n) is 1.59. The van der Waals surface area contributed by atoms with E-state index >= 15 is 0 Å². The molecule has 0 aliphatic carbocycles. The second-order valence-electron chi connectivity index (χ2n) is 3.70. The van der Waals surface area contributed by atoms with Crippen LogP contribution in [-0.4, -0.2) is 39.0 Å². The van der Waals surface area contributed by atoms with Crippen molar-refractivity contribution in [2.24, 2.45) is 0 Å². The van der Waals surface area contributed by atoms with Crippen molar-refractivity contribution >= 4 is 17.4 Å². The van der Waals surface area contributed by atoms with Gasteiger partial charge in [0.1, 0.15) is 5.50 Å². The van der Waals surface area contributed by atoms with Gasteiger partial charge in [-0.05, 0) is 12.1 Å². The Morgan fingerprint density at radius 3 is 3.00 bits per heavy atom. The number of fused-ring (bicyclic) bond motifs is 1. The average Bonchev–Trinajstić information content (AvgIpc) is 2.76. The monoisotopic (exact) mass is 254 g/mol. The lowest BCUT2D eigenvalue weighted by Gasteiger charge is -2.12. The van der Waals surface area contributed by atoms with Crippen LogP contribution in [0.15, 0.2) is 29.2 Å². The molecule has 94 valence electrons. The summed E-state index contributed by atoms with van der Waals surface area (Å²) in [4.78, 5) is 1.30. The number of rotatable bonds is 7. The van der Waals surface area contributed by atoms with Crippen LogP contribution in [0.5, 0.6) is 0 Å². The van der Waals surface area contributed by atoms with E-state index in [1.54, 1.807) is 18.9 Å². The highest BCUT2D eigenvalue weighted by Crippen LogP contribution is 2.36. The number of hydrogen-bond acceptors (Lipinski definition) is 5. The molecule has 2 N–H and O–H groups in total. The van der Waals surface area contributed by atoms with Gasteiger partial charge in [0.25, 0.3) is 0 Å². The first kappa shape index (κ1) is 12.7. The molecule has 1 aliphatic heterocycles. The summed E-state index contributed by atoms with van der Waals surface area (Å²) in [6, 6.07) is 8.33. The molecule has 17 heavy (non-hydrogen) atoms. The summed E-state index contributed by atoms with van der Waals surface area (Å²) in [6.07, 6.45) is 0. The number of para-hydroxylation sites is 1. The number of thioether (sulfide) groups is 1. The van der Waals surface area contributed by atoms with Gasteiger partial charge < -0.3 is 14.8 Å². The molecule has 4 nitrogen and oxygen atoms in total. The zero-order chi connectivity index (χ0) is 11.9. The minimum Gasteiger partial charge on any atom is -0.382 e. The van der Waals surface area contributed by atoms with E-state index in [0.29, 0.717) is 19.8 Å². The highest BCUT2D eigenvalue weighted by molar-refractivity contribution is 8.00. The van der Waals surface area contributed by atoms with Crippen LogP contribution >= 0.6 is 11.8 Å². The number of nitrogens with one attached hydrogen (secondary N) is 2. The summed E-state index contributed by atoms with van der Waals surface area (Å²) in [5, 5.41) is 6.80. The van der Waals surface area contributed by atoms with Crippen molar-refractivity contribution < 1.29 is 9.47 Å². The third-order valence-corrected chi connectivity index (χ3v) is 3.56. The molecule has 0 radical (unpaired) electrons. The van der Waals surface area contributed by atoms with E-state index in [-0.39, 0.29) is 5.50 Å². The zero-order valence-corrected chi connectivity index (χ0v) is 10.8. The summed E-state index contributed by atoms with van der Waals surface area (Å²) in [7, 11) is 1.68. The molecule has 0 bridgehead atoms. The Hall–Kier alpha value is -0.750. The second-order valence-corrected chi connectivity index (χ2v) is 4.84. The van der Waals surface area contributed by atoms with Crippen LogP contribution in [0.2, 0.25) is 0 Å². The summed E-state index contributed by atoms with van der Waals surface area (Å²) in [5.41, 5.74) is 1.45. The predicted molar refractivity (Wildman–Crippen MR) is 70.4 cm³/mol. The van der Waals surface area contributed by atoms with E-state index in [1.807, 2.05) is 6.07 Å². The van der Waals surface area contributed by atoms with Crippen molar-refractivity contribution in [1.82, 2.24) is 5.32 Å². The summed E-state index contributed by atoms with van der Waals surface area (Å²) in [6.45, 7) is 2.85. The van der Waals surface area contributed by atoms with Crippen molar-refractivity contribution in [2.75, 3.05) is 38.8 Å². The molecule has 0 saturated heterocycles. The highest BCUT2D eigenvalue weighted by atomic mass is 32.2. The van der Waals surface area contributed by atoms with Crippen LogP contribution in [0.3, 0.4) is 0 Å². The SMILES string of the molecule is COCCOCCNC1Nc2ccccc2S1. The highest BCUT2D eigenvalue weighted by Gasteiger charge is 2.19. The second kappa shape index (κ2) is 6.86. The number of methoxy groups -OCH3 is 1. The molecular formula is C12H18N2O2S. The van der Waals surface area contributed by atoms with Crippen molar-refractivity contribution in [2.45, 2.75) is 10.4 Å². The lowest BCUT2D eigenvalue weighted by atomic mass is 10.3. The molecule has 5 heteroatoms. The van der Waals surface area contributed by atoms with E-state index in [1.165, 1.54) is 10.6 Å². The lowest BCUT2D eigenvalue weighted by molar-refractivity contribution is 0.0720. The van der Waals surface area contributed by atoms with Crippen LogP contribution in [0, 0.1) is 0 Å². The molecule has 1 aromatic rings. The van der Waals surface area contributed by atoms with Crippen LogP contribution in [-0.2, 0) is 9.47 Å². The summed E-state index contributed by atoms with van der Waals surface area (Å²) >= 11 is 1.80. The average molecular weight is 254 g/mol. The Labute approximate surface area is 106 Å². The number of hydrogen-bond donors (Lipinski definition) is 2. The van der Waals surface area contributed by atoms with Gasteiger partial charge in [-0.1, -0.05) is 23.9 Å². The standard InChI is InChI=1S/C12H18N2O2S/c1-15-8-9-16-7-6-13-12-14-10-4-2-3-5-11(10)17-12/h2-5,12-14H,6-9H2,1H3. The van der Waals surface area contributed by atoms with Gasteiger partial charge in [0.15, 0.2) is 0 Å². The molecule has 0 fully saturated rings. The lowest BCUT2D eigenvalue weighted by Crippen LogP contribution is -2.33. The van der Waals surface area contributed by atoms with Crippen molar-refractivity contribution in [3.8, 4) is 0 Å². The van der Waals surface area contributed by atoms with Gasteiger partial charge in [-0.3, -0.25) is 5.32 Å². The van der Waals surface area contributed by atoms with E-state index in [0.717, 1.165) is 6.54 Å². The van der Waals surface area contributed by atoms with Gasteiger partial charge in [0.05, 0.1) is 19.8 Å². The minimum absolute atomic E-state index is 0.249. The summed E-state index contributed by atoms with van der Waals surface area (Å²) in [5.74, 6) is 0. The number of ether oxygens (including phenoxy) is 2. The quantitative estimate of drug-likeness (QED) is 0.726. The van der Waals surface area contributed by atoms with E-state index in [9.17, 15) is 0 Å². The van der Waals surface area contributed by atoms with Crippen molar-refractivity contribution in [1.29, 1.82) is 0 Å². The van der Waals surface area contributed by atoms with Crippen molar-refractivity contribution in [3.63, 3.8) is 0 Å². The third-order valence-electron chi connectivity index (χ3n) is 2.43. The Morgan fingerprint density at radius 2 is 2.18 bits per heavy atom. The Kier molecular flexibility index (Phi) is 5.12. The molecular weight excluding hydrogens is 236 g/mol. The number of benzene rings is 1. The maximum absolute atomic E-state index is 5.39. The van der Waals surface area contributed by atoms with Gasteiger partial charge in [0, 0.05) is 24.2 Å². The predicted octanol–water partition coefficient (Wildman–Crippen LogP) is 1.74. The smallest absolute Gasteiger partial charge is 0.130 e. The molecule has 1 atom stereocenters. The molecule has 1 unspecified atom stereocenters. The van der Waals surface area contributed by atoms with Gasteiger partial charge in [-0.15, -0.1) is 0 Å². The maximum Gasteiger partial charge on any atom is 0.130 e. The zero-order valence-electron chi connectivity index (χ0n) is 9.94. The van der Waals surface area contributed by atoms with Crippen LogP contribution in [0.25, 0.3) is 0 Å². The van der Waals surface area contributed by atoms with E-state index < -0.39 is 0 Å². The summed E-state index contributed by atoms with van der Waals surface area (Å²) < 4.78 is 10.3. The van der Waals surface area contributed by atoms with Gasteiger partial charge in [-0.2, -0.15) is 0 Å². The fraction of sp³-hybridized carbons (Fsp3) is 0.500. The molecule has 1 aromatic carbocycles. The Morgan fingerprint density at radius 1 is 1.29 bits per heavy atom. The molecule has 2 rings (SSSR count). The molecule has 0 spiro atoms. The van der Waals surface area contributed by atoms with Crippen LogP contribution in [0.1, 0.15) is 0 Å². The molecule has 1 aliphatic rings. The molecule has 0 amide bonds. The van der Waals surface area contributed by atoms with Crippen LogP contribution in [0.4, 0.5) is 5.69 Å². The third kappa shape index (κ3) is 3.89. The maximum atomic E-state index is 5.39. The first-order valence-corrected chi connectivity index (χ1v) is 6.60. The van der Waals surface area contributed by atoms with E-state index in [4.69, 9.17) is 9.47 Å². The van der Waals surface area contributed by atoms with Gasteiger partial charge in [0.2, 0.25) is 0 Å². The topological polar surface area (TPSA) is 42.5 Å². The van der Waals surface area contributed by atoms with E-state index in [2.05, 4.69) is 28.8 Å². The van der Waals surface area contributed by atoms with Gasteiger partial charge in [-0.25, -0.2) is 0 Å². The first-order valence-electron chi connectivity index (χ1n) is 5.72. The fourth-order valence-corrected chi connectivity index (χ4v) is 2.64.